The Labute approximate surface area is 194 Å². The number of rotatable bonds is 6. The topological polar surface area (TPSA) is 117 Å². The van der Waals surface area contributed by atoms with Crippen molar-refractivity contribution in [2.45, 2.75) is 65.1 Å². The van der Waals surface area contributed by atoms with Gasteiger partial charge in [-0.05, 0) is 61.0 Å². The molecule has 0 unspecified atom stereocenters. The highest BCUT2D eigenvalue weighted by atomic mass is 16.3. The molecule has 2 heterocycles. The van der Waals surface area contributed by atoms with Crippen LogP contribution in [-0.4, -0.2) is 39.0 Å². The van der Waals surface area contributed by atoms with Crippen molar-refractivity contribution >= 4 is 11.8 Å². The Balaban J connectivity index is 1.43. The van der Waals surface area contributed by atoms with Crippen LogP contribution in [-0.2, 0) is 11.3 Å². The van der Waals surface area contributed by atoms with Crippen LogP contribution in [0.2, 0.25) is 0 Å². The zero-order valence-electron chi connectivity index (χ0n) is 19.5. The van der Waals surface area contributed by atoms with E-state index in [0.717, 1.165) is 25.7 Å². The summed E-state index contributed by atoms with van der Waals surface area (Å²) in [5, 5.41) is 17.6. The predicted molar refractivity (Wildman–Crippen MR) is 122 cm³/mol. The van der Waals surface area contributed by atoms with E-state index in [1.807, 2.05) is 13.0 Å². The maximum Gasteiger partial charge on any atom is 0.254 e. The zero-order chi connectivity index (χ0) is 23.6. The summed E-state index contributed by atoms with van der Waals surface area (Å²) in [5.41, 5.74) is 0.429. The number of hydrogen-bond donors (Lipinski definition) is 3. The van der Waals surface area contributed by atoms with E-state index in [2.05, 4.69) is 34.4 Å². The van der Waals surface area contributed by atoms with Gasteiger partial charge in [-0.2, -0.15) is 0 Å². The fraction of sp³-hybridized carbons (Fsp3) is 0.600. The van der Waals surface area contributed by atoms with Crippen molar-refractivity contribution in [1.29, 1.82) is 0 Å². The van der Waals surface area contributed by atoms with E-state index in [9.17, 15) is 14.7 Å². The first-order valence-corrected chi connectivity index (χ1v) is 11.8. The highest BCUT2D eigenvalue weighted by Gasteiger charge is 2.53. The largest absolute Gasteiger partial charge is 0.467 e. The summed E-state index contributed by atoms with van der Waals surface area (Å²) >= 11 is 0. The standard InChI is InChI=1S/C25H34N4O4/c1-15(23(31)28-13-18-5-4-10-33-18)19-6-8-25(3)9-7-20(16(2)21(25)22(19)30)29-24(32)17-11-26-14-27-12-17/h4-5,10-12,14-16,19-22,30H,6-9,13H2,1-3H3,(H,28,31)(H,29,32)/t15-,16+,19-,20-,21+,22-,25-/m0/s1. The third kappa shape index (κ3) is 4.81. The molecule has 0 saturated heterocycles. The molecule has 4 rings (SSSR count). The highest BCUT2D eigenvalue weighted by molar-refractivity contribution is 5.93. The molecule has 2 fully saturated rings. The van der Waals surface area contributed by atoms with Gasteiger partial charge in [0.05, 0.1) is 24.5 Å². The fourth-order valence-electron chi connectivity index (χ4n) is 6.11. The first kappa shape index (κ1) is 23.4. The van der Waals surface area contributed by atoms with Gasteiger partial charge in [-0.15, -0.1) is 0 Å². The number of hydrogen-bond acceptors (Lipinski definition) is 6. The molecular weight excluding hydrogens is 420 g/mol. The molecule has 0 spiro atoms. The number of aliphatic hydroxyl groups is 1. The van der Waals surface area contributed by atoms with E-state index in [0.29, 0.717) is 17.9 Å². The molecule has 8 nitrogen and oxygen atoms in total. The summed E-state index contributed by atoms with van der Waals surface area (Å²) in [6, 6.07) is 3.57. The van der Waals surface area contributed by atoms with Gasteiger partial charge in [0.2, 0.25) is 5.91 Å². The Bertz CT molecular complexity index is 951. The second-order valence-electron chi connectivity index (χ2n) is 10.1. The minimum absolute atomic E-state index is 0.00245. The zero-order valence-corrected chi connectivity index (χ0v) is 19.5. The molecule has 0 aromatic carbocycles. The Morgan fingerprint density at radius 1 is 1.27 bits per heavy atom. The lowest BCUT2D eigenvalue weighted by molar-refractivity contribution is -0.142. The number of fused-ring (bicyclic) bond motifs is 1. The van der Waals surface area contributed by atoms with Crippen molar-refractivity contribution in [2.24, 2.45) is 29.1 Å². The summed E-state index contributed by atoms with van der Waals surface area (Å²) in [4.78, 5) is 33.4. The molecule has 2 aliphatic rings. The molecule has 7 atom stereocenters. The minimum Gasteiger partial charge on any atom is -0.467 e. The Hall–Kier alpha value is -2.74. The number of furan rings is 1. The van der Waals surface area contributed by atoms with Gasteiger partial charge in [-0.1, -0.05) is 20.8 Å². The SMILES string of the molecule is C[C@H]1[C@@H]2[C@@H](O)[C@H]([C@H](C)C(=O)NCc3ccco3)CC[C@@]2(C)CC[C@@H]1NC(=O)c1cncnc1. The quantitative estimate of drug-likeness (QED) is 0.618. The molecule has 0 bridgehead atoms. The number of carbonyl (C=O) groups is 2. The lowest BCUT2D eigenvalue weighted by Gasteiger charge is -2.56. The van der Waals surface area contributed by atoms with Crippen molar-refractivity contribution in [3.63, 3.8) is 0 Å². The molecule has 0 aliphatic heterocycles. The van der Waals surface area contributed by atoms with Crippen LogP contribution in [0, 0.1) is 29.1 Å². The maximum absolute atomic E-state index is 12.8. The summed E-state index contributed by atoms with van der Waals surface area (Å²) in [5.74, 6) is 0.0778. The van der Waals surface area contributed by atoms with E-state index < -0.39 is 6.10 Å². The van der Waals surface area contributed by atoms with E-state index in [4.69, 9.17) is 4.42 Å². The van der Waals surface area contributed by atoms with Crippen LogP contribution in [0.25, 0.3) is 0 Å². The maximum atomic E-state index is 12.8. The first-order chi connectivity index (χ1) is 15.8. The lowest BCUT2D eigenvalue weighted by Crippen LogP contribution is -2.58. The van der Waals surface area contributed by atoms with Crippen LogP contribution >= 0.6 is 0 Å². The van der Waals surface area contributed by atoms with E-state index >= 15 is 0 Å². The smallest absolute Gasteiger partial charge is 0.254 e. The minimum atomic E-state index is -0.608. The molecule has 2 aromatic rings. The Kier molecular flexibility index (Phi) is 6.83. The Morgan fingerprint density at radius 3 is 2.70 bits per heavy atom. The normalized spacial score (nSPS) is 32.4. The molecule has 2 aromatic heterocycles. The molecule has 3 N–H and O–H groups in total. The second kappa shape index (κ2) is 9.63. The van der Waals surface area contributed by atoms with Gasteiger partial charge in [-0.3, -0.25) is 9.59 Å². The molecule has 2 aliphatic carbocycles. The van der Waals surface area contributed by atoms with Crippen LogP contribution in [0.3, 0.4) is 0 Å². The van der Waals surface area contributed by atoms with Crippen LogP contribution < -0.4 is 10.6 Å². The van der Waals surface area contributed by atoms with Gasteiger partial charge in [-0.25, -0.2) is 9.97 Å². The molecule has 2 amide bonds. The van der Waals surface area contributed by atoms with Crippen LogP contribution in [0.5, 0.6) is 0 Å². The third-order valence-electron chi connectivity index (χ3n) is 8.10. The molecule has 178 valence electrons. The van der Waals surface area contributed by atoms with E-state index in [1.165, 1.54) is 18.7 Å². The average molecular weight is 455 g/mol. The van der Waals surface area contributed by atoms with Gasteiger partial charge in [0.1, 0.15) is 12.1 Å². The molecule has 2 saturated carbocycles. The van der Waals surface area contributed by atoms with Crippen molar-refractivity contribution in [1.82, 2.24) is 20.6 Å². The monoisotopic (exact) mass is 454 g/mol. The van der Waals surface area contributed by atoms with Gasteiger partial charge in [0, 0.05) is 24.4 Å². The number of nitrogens with zero attached hydrogens (tertiary/aromatic N) is 2. The number of aromatic nitrogens is 2. The predicted octanol–water partition coefficient (Wildman–Crippen LogP) is 2.94. The summed E-state index contributed by atoms with van der Waals surface area (Å²) in [6.07, 6.45) is 8.97. The van der Waals surface area contributed by atoms with Gasteiger partial charge >= 0.3 is 0 Å². The van der Waals surface area contributed by atoms with Crippen LogP contribution in [0.15, 0.2) is 41.5 Å². The summed E-state index contributed by atoms with van der Waals surface area (Å²) < 4.78 is 5.30. The third-order valence-corrected chi connectivity index (χ3v) is 8.10. The fourth-order valence-corrected chi connectivity index (χ4v) is 6.11. The number of carbonyl (C=O) groups excluding carboxylic acids is 2. The number of amides is 2. The number of aliphatic hydroxyl groups excluding tert-OH is 1. The number of nitrogens with one attached hydrogen (secondary N) is 2. The van der Waals surface area contributed by atoms with Gasteiger partial charge in [0.15, 0.2) is 0 Å². The van der Waals surface area contributed by atoms with Crippen LogP contribution in [0.1, 0.15) is 62.6 Å². The summed E-state index contributed by atoms with van der Waals surface area (Å²) in [6.45, 7) is 6.60. The van der Waals surface area contributed by atoms with Gasteiger partial charge < -0.3 is 20.2 Å². The first-order valence-electron chi connectivity index (χ1n) is 11.8. The average Bonchev–Trinajstić information content (AvgIpc) is 3.33. The van der Waals surface area contributed by atoms with Crippen molar-refractivity contribution in [3.8, 4) is 0 Å². The van der Waals surface area contributed by atoms with E-state index in [1.54, 1.807) is 12.3 Å². The molecular formula is C25H34N4O4. The van der Waals surface area contributed by atoms with Crippen molar-refractivity contribution in [2.75, 3.05) is 0 Å². The lowest BCUT2D eigenvalue weighted by atomic mass is 9.51. The van der Waals surface area contributed by atoms with Crippen molar-refractivity contribution < 1.29 is 19.1 Å². The molecule has 0 radical (unpaired) electrons. The highest BCUT2D eigenvalue weighted by Crippen LogP contribution is 2.55. The molecule has 8 heteroatoms. The second-order valence-corrected chi connectivity index (χ2v) is 10.1. The van der Waals surface area contributed by atoms with Crippen LogP contribution in [0.4, 0.5) is 0 Å². The van der Waals surface area contributed by atoms with Gasteiger partial charge in [0.25, 0.3) is 5.91 Å². The summed E-state index contributed by atoms with van der Waals surface area (Å²) in [7, 11) is 0. The Morgan fingerprint density at radius 2 is 2.00 bits per heavy atom. The van der Waals surface area contributed by atoms with E-state index in [-0.39, 0.29) is 46.9 Å². The van der Waals surface area contributed by atoms with Crippen molar-refractivity contribution in [3.05, 3.63) is 48.4 Å². The molecule has 33 heavy (non-hydrogen) atoms.